The molecule has 8 nitrogen and oxygen atoms in total. The van der Waals surface area contributed by atoms with Crippen molar-refractivity contribution < 1.29 is 27.8 Å². The highest BCUT2D eigenvalue weighted by atomic mass is 19.4. The third-order valence-electron chi connectivity index (χ3n) is 6.80. The van der Waals surface area contributed by atoms with Gasteiger partial charge in [0.15, 0.2) is 0 Å². The molecule has 1 aliphatic rings. The smallest absolute Gasteiger partial charge is 0.416 e. The van der Waals surface area contributed by atoms with Gasteiger partial charge in [0, 0.05) is 20.0 Å². The second-order valence-corrected chi connectivity index (χ2v) is 9.06. The van der Waals surface area contributed by atoms with Crippen LogP contribution < -0.4 is 10.1 Å². The Bertz CT molecular complexity index is 1290. The van der Waals surface area contributed by atoms with Crippen molar-refractivity contribution in [1.29, 1.82) is 0 Å². The third-order valence-corrected chi connectivity index (χ3v) is 6.80. The number of nitrogens with zero attached hydrogens (tertiary/aromatic N) is 4. The van der Waals surface area contributed by atoms with E-state index in [0.717, 1.165) is 6.07 Å². The summed E-state index contributed by atoms with van der Waals surface area (Å²) < 4.78 is 45.7. The van der Waals surface area contributed by atoms with Gasteiger partial charge in [-0.05, 0) is 49.9 Å². The lowest BCUT2D eigenvalue weighted by Gasteiger charge is -2.37. The number of methoxy groups -OCH3 is 1. The Labute approximate surface area is 206 Å². The number of benzene rings is 1. The SMILES string of the molecule is COc1nc(C2(O)CCN(C(C)=O)CC2)cc2c(N[C@H](C)c3cccc(C(F)(F)F)c3C)ncnc12. The van der Waals surface area contributed by atoms with Crippen molar-refractivity contribution in [3.8, 4) is 5.88 Å². The molecule has 0 saturated carbocycles. The summed E-state index contributed by atoms with van der Waals surface area (Å²) in [5.41, 5.74) is -0.604. The average Bonchev–Trinajstić information content (AvgIpc) is 2.83. The number of aliphatic hydroxyl groups is 1. The number of pyridine rings is 1. The minimum absolute atomic E-state index is 0.0557. The zero-order chi connectivity index (χ0) is 26.3. The number of fused-ring (bicyclic) bond motifs is 1. The second kappa shape index (κ2) is 9.53. The number of carbonyl (C=O) groups is 1. The summed E-state index contributed by atoms with van der Waals surface area (Å²) in [7, 11) is 1.44. The summed E-state index contributed by atoms with van der Waals surface area (Å²) in [6.45, 7) is 5.46. The molecule has 4 rings (SSSR count). The standard InChI is InChI=1S/C25H28F3N5O3/c1-14-17(6-5-7-19(14)25(26,27)28)15(2)31-22-18-12-20(32-23(36-4)21(18)29-13-30-22)24(35)8-10-33(11-9-24)16(3)34/h5-7,12-13,15,35H,8-11H2,1-4H3,(H,29,30,31)/t15-/m1/s1. The van der Waals surface area contributed by atoms with Crippen molar-refractivity contribution in [3.05, 3.63) is 53.0 Å². The summed E-state index contributed by atoms with van der Waals surface area (Å²) in [6.07, 6.45) is -2.54. The Balaban J connectivity index is 1.73. The van der Waals surface area contributed by atoms with E-state index < -0.39 is 23.4 Å². The topological polar surface area (TPSA) is 100 Å². The van der Waals surface area contributed by atoms with Crippen molar-refractivity contribution in [1.82, 2.24) is 19.9 Å². The number of rotatable bonds is 5. The van der Waals surface area contributed by atoms with E-state index in [1.807, 2.05) is 0 Å². The molecule has 1 fully saturated rings. The normalized spacial score (nSPS) is 16.6. The molecule has 192 valence electrons. The van der Waals surface area contributed by atoms with E-state index in [0.29, 0.717) is 53.9 Å². The van der Waals surface area contributed by atoms with Gasteiger partial charge < -0.3 is 20.1 Å². The van der Waals surface area contributed by atoms with Gasteiger partial charge in [-0.15, -0.1) is 0 Å². The third kappa shape index (κ3) is 4.79. The molecule has 1 aliphatic heterocycles. The van der Waals surface area contributed by atoms with E-state index in [1.54, 1.807) is 24.0 Å². The van der Waals surface area contributed by atoms with E-state index in [2.05, 4.69) is 20.3 Å². The van der Waals surface area contributed by atoms with Crippen LogP contribution in [0.4, 0.5) is 19.0 Å². The minimum Gasteiger partial charge on any atom is -0.479 e. The van der Waals surface area contributed by atoms with Gasteiger partial charge in [0.05, 0.1) is 29.8 Å². The molecule has 11 heteroatoms. The highest BCUT2D eigenvalue weighted by molar-refractivity contribution is 5.92. The molecule has 0 radical (unpaired) electrons. The first kappa shape index (κ1) is 25.6. The van der Waals surface area contributed by atoms with Crippen LogP contribution in [0.1, 0.15) is 55.1 Å². The number of nitrogens with one attached hydrogen (secondary N) is 1. The molecule has 3 aromatic rings. The summed E-state index contributed by atoms with van der Waals surface area (Å²) in [4.78, 5) is 26.5. The lowest BCUT2D eigenvalue weighted by molar-refractivity contribution is -0.138. The quantitative estimate of drug-likeness (QED) is 0.534. The number of ether oxygens (including phenoxy) is 1. The van der Waals surface area contributed by atoms with Gasteiger partial charge in [0.2, 0.25) is 11.8 Å². The van der Waals surface area contributed by atoms with Crippen LogP contribution in [0, 0.1) is 6.92 Å². The number of hydrogen-bond acceptors (Lipinski definition) is 7. The van der Waals surface area contributed by atoms with Gasteiger partial charge in [0.1, 0.15) is 23.3 Å². The van der Waals surface area contributed by atoms with Crippen LogP contribution in [-0.2, 0) is 16.6 Å². The maximum absolute atomic E-state index is 13.4. The molecular formula is C25H28F3N5O3. The Morgan fingerprint density at radius 2 is 1.94 bits per heavy atom. The molecule has 36 heavy (non-hydrogen) atoms. The molecule has 0 bridgehead atoms. The predicted molar refractivity (Wildman–Crippen MR) is 127 cm³/mol. The summed E-state index contributed by atoms with van der Waals surface area (Å²) in [5, 5.41) is 15.1. The van der Waals surface area contributed by atoms with E-state index >= 15 is 0 Å². The lowest BCUT2D eigenvalue weighted by atomic mass is 9.87. The molecule has 1 amide bonds. The van der Waals surface area contributed by atoms with E-state index in [-0.39, 0.29) is 17.4 Å². The molecule has 2 N–H and O–H groups in total. The maximum atomic E-state index is 13.4. The van der Waals surface area contributed by atoms with E-state index in [9.17, 15) is 23.1 Å². The van der Waals surface area contributed by atoms with Crippen LogP contribution in [0.25, 0.3) is 10.9 Å². The molecule has 3 heterocycles. The van der Waals surface area contributed by atoms with Crippen molar-refractivity contribution >= 4 is 22.6 Å². The number of halogens is 3. The van der Waals surface area contributed by atoms with E-state index in [4.69, 9.17) is 4.74 Å². The van der Waals surface area contributed by atoms with Crippen LogP contribution in [0.2, 0.25) is 0 Å². The Hall–Kier alpha value is -3.47. The zero-order valence-corrected chi connectivity index (χ0v) is 20.5. The van der Waals surface area contributed by atoms with Gasteiger partial charge in [-0.2, -0.15) is 13.2 Å². The van der Waals surface area contributed by atoms with Gasteiger partial charge in [-0.25, -0.2) is 15.0 Å². The molecule has 0 unspecified atom stereocenters. The van der Waals surface area contributed by atoms with Crippen molar-refractivity contribution in [3.63, 3.8) is 0 Å². The first-order chi connectivity index (χ1) is 16.9. The molecule has 1 atom stereocenters. The lowest BCUT2D eigenvalue weighted by Crippen LogP contribution is -2.44. The zero-order valence-electron chi connectivity index (χ0n) is 20.5. The Kier molecular flexibility index (Phi) is 6.78. The fourth-order valence-corrected chi connectivity index (χ4v) is 4.69. The Morgan fingerprint density at radius 3 is 2.56 bits per heavy atom. The summed E-state index contributed by atoms with van der Waals surface area (Å²) >= 11 is 0. The Morgan fingerprint density at radius 1 is 1.25 bits per heavy atom. The number of alkyl halides is 3. The average molecular weight is 504 g/mol. The predicted octanol–water partition coefficient (Wildman–Crippen LogP) is 4.36. The number of amides is 1. The molecule has 1 saturated heterocycles. The minimum atomic E-state index is -4.46. The van der Waals surface area contributed by atoms with Crippen LogP contribution in [-0.4, -0.2) is 51.1 Å². The number of carbonyl (C=O) groups excluding carboxylic acids is 1. The fraction of sp³-hybridized carbons (Fsp3) is 0.440. The van der Waals surface area contributed by atoms with Crippen molar-refractivity contribution in [2.24, 2.45) is 0 Å². The summed E-state index contributed by atoms with van der Waals surface area (Å²) in [6, 6.07) is 5.25. The summed E-state index contributed by atoms with van der Waals surface area (Å²) in [5.74, 6) is 0.508. The van der Waals surface area contributed by atoms with Crippen LogP contribution in [0.5, 0.6) is 5.88 Å². The second-order valence-electron chi connectivity index (χ2n) is 9.06. The molecule has 1 aromatic carbocycles. The largest absolute Gasteiger partial charge is 0.479 e. The number of anilines is 1. The van der Waals surface area contributed by atoms with Crippen molar-refractivity contribution in [2.45, 2.75) is 51.4 Å². The van der Waals surface area contributed by atoms with Crippen LogP contribution in [0.3, 0.4) is 0 Å². The van der Waals surface area contributed by atoms with Gasteiger partial charge in [0.25, 0.3) is 0 Å². The highest BCUT2D eigenvalue weighted by Crippen LogP contribution is 2.38. The van der Waals surface area contributed by atoms with Gasteiger partial charge in [-0.1, -0.05) is 12.1 Å². The monoisotopic (exact) mass is 503 g/mol. The first-order valence-electron chi connectivity index (χ1n) is 11.6. The van der Waals surface area contributed by atoms with Gasteiger partial charge >= 0.3 is 6.18 Å². The van der Waals surface area contributed by atoms with Gasteiger partial charge in [-0.3, -0.25) is 4.79 Å². The fourth-order valence-electron chi connectivity index (χ4n) is 4.69. The number of likely N-dealkylation sites (tertiary alicyclic amines) is 1. The van der Waals surface area contributed by atoms with Crippen LogP contribution >= 0.6 is 0 Å². The van der Waals surface area contributed by atoms with Crippen LogP contribution in [0.15, 0.2) is 30.6 Å². The van der Waals surface area contributed by atoms with E-state index in [1.165, 1.54) is 33.4 Å². The van der Waals surface area contributed by atoms with Crippen molar-refractivity contribution in [2.75, 3.05) is 25.5 Å². The number of aromatic nitrogens is 3. The molecular weight excluding hydrogens is 475 g/mol. The highest BCUT2D eigenvalue weighted by Gasteiger charge is 2.37. The maximum Gasteiger partial charge on any atom is 0.416 e. The first-order valence-corrected chi connectivity index (χ1v) is 11.6. The number of piperidine rings is 1. The molecule has 0 spiro atoms. The molecule has 2 aromatic heterocycles. The number of hydrogen-bond donors (Lipinski definition) is 2. The molecule has 0 aliphatic carbocycles.